The molecule has 1 rings (SSSR count). The molecule has 1 unspecified atom stereocenters. The van der Waals surface area contributed by atoms with Gasteiger partial charge in [0.15, 0.2) is 5.96 Å². The number of nitrogens with two attached hydrogens (primary N) is 1. The minimum Gasteiger partial charge on any atom is -0.387 e. The number of hydrogen-bond donors (Lipinski definition) is 2. The molecule has 0 aromatic rings. The summed E-state index contributed by atoms with van der Waals surface area (Å²) in [4.78, 5) is 7.99. The lowest BCUT2D eigenvalue weighted by molar-refractivity contribution is 0.0613. The third-order valence-corrected chi connectivity index (χ3v) is 2.52. The van der Waals surface area contributed by atoms with Crippen molar-refractivity contribution in [2.45, 2.75) is 12.0 Å². The Labute approximate surface area is 108 Å². The zero-order chi connectivity index (χ0) is 10.8. The second-order valence-corrected chi connectivity index (χ2v) is 4.28. The van der Waals surface area contributed by atoms with Gasteiger partial charge in [-0.3, -0.25) is 4.99 Å². The van der Waals surface area contributed by atoms with Crippen LogP contribution in [0.2, 0.25) is 0 Å². The largest absolute Gasteiger partial charge is 0.387 e. The molecule has 3 N–H and O–H groups in total. The minimum absolute atomic E-state index is 0. The average Bonchev–Trinajstić information content (AvgIpc) is 2.43. The van der Waals surface area contributed by atoms with E-state index in [-0.39, 0.29) is 24.0 Å². The van der Waals surface area contributed by atoms with Gasteiger partial charge in [0.1, 0.15) is 0 Å². The fourth-order valence-electron chi connectivity index (χ4n) is 1.56. The topological polar surface area (TPSA) is 65.1 Å². The number of rotatable bonds is 2. The maximum absolute atomic E-state index is 10.1. The molecule has 1 fully saturated rings. The lowest BCUT2D eigenvalue weighted by atomic mass is 10.0. The van der Waals surface area contributed by atoms with Crippen molar-refractivity contribution in [2.24, 2.45) is 10.7 Å². The van der Waals surface area contributed by atoms with E-state index in [2.05, 4.69) is 9.89 Å². The Balaban J connectivity index is 0.00000196. The fraction of sp³-hybridized carbons (Fsp3) is 0.889. The molecule has 0 saturated carbocycles. The Hall–Kier alpha value is -0.0800. The van der Waals surface area contributed by atoms with Crippen LogP contribution < -0.4 is 5.73 Å². The fourth-order valence-corrected chi connectivity index (χ4v) is 1.56. The zero-order valence-electron chi connectivity index (χ0n) is 9.60. The summed E-state index contributed by atoms with van der Waals surface area (Å²) in [5.74, 6) is 0.466. The van der Waals surface area contributed by atoms with Crippen LogP contribution in [-0.4, -0.2) is 67.2 Å². The Morgan fingerprint density at radius 3 is 2.60 bits per heavy atom. The van der Waals surface area contributed by atoms with E-state index in [0.29, 0.717) is 19.0 Å². The van der Waals surface area contributed by atoms with E-state index in [1.54, 1.807) is 4.90 Å². The zero-order valence-corrected chi connectivity index (χ0v) is 11.9. The second kappa shape index (κ2) is 5.86. The van der Waals surface area contributed by atoms with Crippen LogP contribution in [0, 0.1) is 0 Å². The Kier molecular flexibility index (Phi) is 5.82. The second-order valence-electron chi connectivity index (χ2n) is 4.28. The number of aliphatic hydroxyl groups is 1. The van der Waals surface area contributed by atoms with Gasteiger partial charge in [-0.2, -0.15) is 0 Å². The van der Waals surface area contributed by atoms with E-state index < -0.39 is 5.60 Å². The summed E-state index contributed by atoms with van der Waals surface area (Å²) in [6, 6.07) is 0. The number of halogens is 1. The number of likely N-dealkylation sites (tertiary alicyclic amines) is 1. The first-order valence-corrected chi connectivity index (χ1v) is 4.81. The highest BCUT2D eigenvalue weighted by Gasteiger charge is 2.34. The Morgan fingerprint density at radius 2 is 2.20 bits per heavy atom. The summed E-state index contributed by atoms with van der Waals surface area (Å²) in [5, 5.41) is 10.1. The summed E-state index contributed by atoms with van der Waals surface area (Å²) in [6.07, 6.45) is 0.772. The number of nitrogens with zero attached hydrogens (tertiary/aromatic N) is 3. The van der Waals surface area contributed by atoms with Gasteiger partial charge < -0.3 is 20.6 Å². The molecule has 0 aromatic carbocycles. The van der Waals surface area contributed by atoms with Crippen molar-refractivity contribution in [3.8, 4) is 0 Å². The molecule has 0 radical (unpaired) electrons. The molecule has 1 atom stereocenters. The van der Waals surface area contributed by atoms with Crippen LogP contribution >= 0.6 is 24.0 Å². The van der Waals surface area contributed by atoms with Crippen LogP contribution in [-0.2, 0) is 0 Å². The van der Waals surface area contributed by atoms with E-state index in [1.807, 2.05) is 21.1 Å². The lowest BCUT2D eigenvalue weighted by Crippen LogP contribution is -2.38. The van der Waals surface area contributed by atoms with Gasteiger partial charge in [0.25, 0.3) is 0 Å². The lowest BCUT2D eigenvalue weighted by Gasteiger charge is -2.21. The van der Waals surface area contributed by atoms with E-state index >= 15 is 0 Å². The van der Waals surface area contributed by atoms with Gasteiger partial charge in [-0.25, -0.2) is 0 Å². The SMILES string of the molecule is CN1CCC(O)(CN=C(N)N(C)C)C1.I. The predicted molar refractivity (Wildman–Crippen MR) is 72.7 cm³/mol. The van der Waals surface area contributed by atoms with Gasteiger partial charge in [-0.05, 0) is 13.5 Å². The maximum Gasteiger partial charge on any atom is 0.190 e. The van der Waals surface area contributed by atoms with Gasteiger partial charge in [-0.1, -0.05) is 0 Å². The molecule has 0 bridgehead atoms. The quantitative estimate of drug-likeness (QED) is 0.409. The molecule has 0 aliphatic carbocycles. The van der Waals surface area contributed by atoms with E-state index in [9.17, 15) is 5.11 Å². The van der Waals surface area contributed by atoms with E-state index in [1.165, 1.54) is 0 Å². The molecule has 0 spiro atoms. The maximum atomic E-state index is 10.1. The van der Waals surface area contributed by atoms with Crippen LogP contribution in [0.5, 0.6) is 0 Å². The van der Waals surface area contributed by atoms with Crippen LogP contribution in [0.3, 0.4) is 0 Å². The van der Waals surface area contributed by atoms with E-state index in [4.69, 9.17) is 5.73 Å². The van der Waals surface area contributed by atoms with E-state index in [0.717, 1.165) is 13.0 Å². The third kappa shape index (κ3) is 4.52. The third-order valence-electron chi connectivity index (χ3n) is 2.52. The predicted octanol–water partition coefficient (Wildman–Crippen LogP) is -0.453. The van der Waals surface area contributed by atoms with Crippen molar-refractivity contribution < 1.29 is 5.11 Å². The first-order chi connectivity index (χ1) is 6.43. The van der Waals surface area contributed by atoms with Crippen molar-refractivity contribution in [1.29, 1.82) is 0 Å². The first kappa shape index (κ1) is 14.9. The Morgan fingerprint density at radius 1 is 1.60 bits per heavy atom. The molecule has 6 heteroatoms. The van der Waals surface area contributed by atoms with Crippen LogP contribution in [0.25, 0.3) is 0 Å². The summed E-state index contributed by atoms with van der Waals surface area (Å²) < 4.78 is 0. The molecule has 0 amide bonds. The highest BCUT2D eigenvalue weighted by molar-refractivity contribution is 14.0. The van der Waals surface area contributed by atoms with Crippen molar-refractivity contribution in [1.82, 2.24) is 9.80 Å². The van der Waals surface area contributed by atoms with Gasteiger partial charge >= 0.3 is 0 Å². The van der Waals surface area contributed by atoms with Crippen molar-refractivity contribution in [3.05, 3.63) is 0 Å². The van der Waals surface area contributed by atoms with Crippen LogP contribution in [0.1, 0.15) is 6.42 Å². The summed E-state index contributed by atoms with van der Waals surface area (Å²) >= 11 is 0. The molecule has 0 aromatic heterocycles. The minimum atomic E-state index is -0.685. The summed E-state index contributed by atoms with van der Waals surface area (Å²) in [5.41, 5.74) is 4.95. The molecule has 1 aliphatic rings. The summed E-state index contributed by atoms with van der Waals surface area (Å²) in [6.45, 7) is 1.99. The molecule has 1 aliphatic heterocycles. The molecular formula is C9H21IN4O. The van der Waals surface area contributed by atoms with Gasteiger partial charge in [0, 0.05) is 27.2 Å². The van der Waals surface area contributed by atoms with Crippen molar-refractivity contribution in [3.63, 3.8) is 0 Å². The van der Waals surface area contributed by atoms with Gasteiger partial charge in [0.05, 0.1) is 12.1 Å². The molecular weight excluding hydrogens is 307 g/mol. The average molecular weight is 328 g/mol. The number of guanidine groups is 1. The van der Waals surface area contributed by atoms with Gasteiger partial charge in [0.2, 0.25) is 0 Å². The normalized spacial score (nSPS) is 27.6. The number of aliphatic imine (C=N–C) groups is 1. The number of hydrogen-bond acceptors (Lipinski definition) is 3. The smallest absolute Gasteiger partial charge is 0.190 e. The molecule has 1 saturated heterocycles. The molecule has 1 heterocycles. The highest BCUT2D eigenvalue weighted by atomic mass is 127. The van der Waals surface area contributed by atoms with Crippen molar-refractivity contribution >= 4 is 29.9 Å². The highest BCUT2D eigenvalue weighted by Crippen LogP contribution is 2.19. The molecule has 5 nitrogen and oxygen atoms in total. The van der Waals surface area contributed by atoms with Gasteiger partial charge in [-0.15, -0.1) is 24.0 Å². The van der Waals surface area contributed by atoms with Crippen molar-refractivity contribution in [2.75, 3.05) is 40.8 Å². The first-order valence-electron chi connectivity index (χ1n) is 4.81. The number of β-amino-alcohol motifs (C(OH)–C–C–N with tert-alkyl or cyclic N) is 1. The number of likely N-dealkylation sites (N-methyl/N-ethyl adjacent to an activating group) is 1. The summed E-state index contributed by atoms with van der Waals surface area (Å²) in [7, 11) is 5.67. The van der Waals surface area contributed by atoms with Crippen LogP contribution in [0.4, 0.5) is 0 Å². The molecule has 90 valence electrons. The van der Waals surface area contributed by atoms with Crippen LogP contribution in [0.15, 0.2) is 4.99 Å². The molecule has 15 heavy (non-hydrogen) atoms. The monoisotopic (exact) mass is 328 g/mol. The Bertz CT molecular complexity index is 234. The standard InChI is InChI=1S/C9H20N4O.HI/c1-12(2)8(10)11-6-9(14)4-5-13(3)7-9;/h14H,4-7H2,1-3H3,(H2,10,11);1H.